The van der Waals surface area contributed by atoms with Gasteiger partial charge in [-0.05, 0) is 25.1 Å². The summed E-state index contributed by atoms with van der Waals surface area (Å²) < 4.78 is 18.8. The highest BCUT2D eigenvalue weighted by molar-refractivity contribution is 5.75. The van der Waals surface area contributed by atoms with Crippen LogP contribution in [-0.2, 0) is 0 Å². The molecular formula is C13H9FN2O4. The first-order valence-corrected chi connectivity index (χ1v) is 5.56. The van der Waals surface area contributed by atoms with E-state index in [0.717, 1.165) is 6.07 Å². The molecule has 0 amide bonds. The fraction of sp³-hybridized carbons (Fsp3) is 0.0769. The highest BCUT2D eigenvalue weighted by Crippen LogP contribution is 2.26. The molecule has 0 spiro atoms. The van der Waals surface area contributed by atoms with Gasteiger partial charge in [0.25, 0.3) is 5.69 Å². The third-order valence-corrected chi connectivity index (χ3v) is 2.54. The number of aldehydes is 1. The van der Waals surface area contributed by atoms with Crippen molar-refractivity contribution in [3.63, 3.8) is 0 Å². The molecule has 0 radical (unpaired) electrons. The van der Waals surface area contributed by atoms with Gasteiger partial charge in [-0.3, -0.25) is 14.9 Å². The lowest BCUT2D eigenvalue weighted by atomic mass is 10.2. The Morgan fingerprint density at radius 2 is 2.10 bits per heavy atom. The minimum atomic E-state index is -0.715. The number of halogens is 1. The maximum Gasteiger partial charge on any atom is 0.290 e. The molecule has 0 aliphatic heterocycles. The van der Waals surface area contributed by atoms with Crippen LogP contribution in [0.25, 0.3) is 0 Å². The van der Waals surface area contributed by atoms with Crippen LogP contribution in [0.5, 0.6) is 11.6 Å². The Labute approximate surface area is 113 Å². The van der Waals surface area contributed by atoms with Crippen LogP contribution in [0.15, 0.2) is 30.3 Å². The van der Waals surface area contributed by atoms with E-state index >= 15 is 0 Å². The average Bonchev–Trinajstić information content (AvgIpc) is 2.40. The fourth-order valence-corrected chi connectivity index (χ4v) is 1.57. The average molecular weight is 276 g/mol. The van der Waals surface area contributed by atoms with Crippen molar-refractivity contribution in [2.24, 2.45) is 0 Å². The van der Waals surface area contributed by atoms with E-state index in [1.807, 2.05) is 0 Å². The second-order valence-corrected chi connectivity index (χ2v) is 3.92. The van der Waals surface area contributed by atoms with E-state index in [1.165, 1.54) is 31.2 Å². The number of hydrogen-bond acceptors (Lipinski definition) is 5. The molecule has 20 heavy (non-hydrogen) atoms. The predicted octanol–water partition coefficient (Wildman–Crippen LogP) is 3.04. The van der Waals surface area contributed by atoms with Crippen molar-refractivity contribution in [3.8, 4) is 11.6 Å². The lowest BCUT2D eigenvalue weighted by molar-refractivity contribution is -0.385. The van der Waals surface area contributed by atoms with Crippen molar-refractivity contribution in [2.45, 2.75) is 6.92 Å². The van der Waals surface area contributed by atoms with E-state index in [9.17, 15) is 19.3 Å². The van der Waals surface area contributed by atoms with Crippen molar-refractivity contribution in [3.05, 3.63) is 57.5 Å². The first kappa shape index (κ1) is 13.6. The van der Waals surface area contributed by atoms with E-state index in [1.54, 1.807) is 0 Å². The molecule has 0 saturated heterocycles. The minimum Gasteiger partial charge on any atom is -0.436 e. The SMILES string of the molecule is Cc1nc(Oc2ccc(C=O)cc2F)ccc1[N+](=O)[O-]. The summed E-state index contributed by atoms with van der Waals surface area (Å²) >= 11 is 0. The largest absolute Gasteiger partial charge is 0.436 e. The maximum absolute atomic E-state index is 13.6. The van der Waals surface area contributed by atoms with Crippen LogP contribution in [0.3, 0.4) is 0 Å². The first-order valence-electron chi connectivity index (χ1n) is 5.56. The number of carbonyl (C=O) groups is 1. The molecule has 0 fully saturated rings. The number of benzene rings is 1. The highest BCUT2D eigenvalue weighted by atomic mass is 19.1. The standard InChI is InChI=1S/C13H9FN2O4/c1-8-11(16(18)19)3-5-13(15-8)20-12-4-2-9(7-17)6-10(12)14/h2-7H,1H3. The van der Waals surface area contributed by atoms with E-state index in [0.29, 0.717) is 6.29 Å². The smallest absolute Gasteiger partial charge is 0.290 e. The Kier molecular flexibility index (Phi) is 3.69. The summed E-state index contributed by atoms with van der Waals surface area (Å²) in [5.74, 6) is -0.797. The molecule has 0 atom stereocenters. The Bertz CT molecular complexity index is 688. The van der Waals surface area contributed by atoms with Crippen LogP contribution in [0.1, 0.15) is 16.1 Å². The normalized spacial score (nSPS) is 10.1. The minimum absolute atomic E-state index is 0.0332. The van der Waals surface area contributed by atoms with Crippen LogP contribution in [0.2, 0.25) is 0 Å². The zero-order valence-corrected chi connectivity index (χ0v) is 10.4. The molecule has 0 unspecified atom stereocenters. The zero-order chi connectivity index (χ0) is 14.7. The second kappa shape index (κ2) is 5.43. The van der Waals surface area contributed by atoms with Gasteiger partial charge in [-0.25, -0.2) is 9.37 Å². The lowest BCUT2D eigenvalue weighted by Gasteiger charge is -2.06. The molecule has 1 heterocycles. The molecule has 2 aromatic rings. The number of hydrogen-bond donors (Lipinski definition) is 0. The van der Waals surface area contributed by atoms with Gasteiger partial charge in [0.05, 0.1) is 4.92 Å². The molecule has 0 N–H and O–H groups in total. The van der Waals surface area contributed by atoms with Gasteiger partial charge < -0.3 is 4.74 Å². The van der Waals surface area contributed by atoms with Crippen LogP contribution in [0, 0.1) is 22.9 Å². The maximum atomic E-state index is 13.6. The van der Waals surface area contributed by atoms with Gasteiger partial charge in [0, 0.05) is 17.7 Å². The number of nitro groups is 1. The summed E-state index contributed by atoms with van der Waals surface area (Å²) in [6.07, 6.45) is 0.515. The van der Waals surface area contributed by atoms with Crippen LogP contribution < -0.4 is 4.74 Å². The fourth-order valence-electron chi connectivity index (χ4n) is 1.57. The molecule has 0 aliphatic carbocycles. The van der Waals surface area contributed by atoms with Crippen LogP contribution in [-0.4, -0.2) is 16.2 Å². The van der Waals surface area contributed by atoms with E-state index in [2.05, 4.69) is 4.98 Å². The van der Waals surface area contributed by atoms with Crippen molar-refractivity contribution in [2.75, 3.05) is 0 Å². The quantitative estimate of drug-likeness (QED) is 0.487. The second-order valence-electron chi connectivity index (χ2n) is 3.92. The van der Waals surface area contributed by atoms with Gasteiger partial charge >= 0.3 is 0 Å². The zero-order valence-electron chi connectivity index (χ0n) is 10.4. The van der Waals surface area contributed by atoms with Gasteiger partial charge in [0.2, 0.25) is 5.88 Å². The summed E-state index contributed by atoms with van der Waals surface area (Å²) in [6.45, 7) is 1.46. The number of nitrogens with zero attached hydrogens (tertiary/aromatic N) is 2. The Morgan fingerprint density at radius 1 is 1.35 bits per heavy atom. The predicted molar refractivity (Wildman–Crippen MR) is 67.5 cm³/mol. The number of aromatic nitrogens is 1. The number of rotatable bonds is 4. The van der Waals surface area contributed by atoms with Gasteiger partial charge in [-0.15, -0.1) is 0 Å². The van der Waals surface area contributed by atoms with Crippen molar-refractivity contribution in [1.82, 2.24) is 4.98 Å². The number of carbonyl (C=O) groups excluding carboxylic acids is 1. The number of ether oxygens (including phenoxy) is 1. The lowest BCUT2D eigenvalue weighted by Crippen LogP contribution is -1.97. The molecule has 0 saturated carbocycles. The molecule has 1 aromatic carbocycles. The summed E-state index contributed by atoms with van der Waals surface area (Å²) in [7, 11) is 0. The Hall–Kier alpha value is -2.83. The molecule has 6 nitrogen and oxygen atoms in total. The molecule has 0 bridgehead atoms. The van der Waals surface area contributed by atoms with Gasteiger partial charge in [-0.2, -0.15) is 0 Å². The molecule has 7 heteroatoms. The topological polar surface area (TPSA) is 82.3 Å². The number of aryl methyl sites for hydroxylation is 1. The highest BCUT2D eigenvalue weighted by Gasteiger charge is 2.13. The van der Waals surface area contributed by atoms with E-state index in [-0.39, 0.29) is 28.6 Å². The Balaban J connectivity index is 2.28. The summed E-state index contributed by atoms with van der Waals surface area (Å²) in [5.41, 5.74) is 0.203. The summed E-state index contributed by atoms with van der Waals surface area (Å²) in [5, 5.41) is 10.6. The summed E-state index contributed by atoms with van der Waals surface area (Å²) in [4.78, 5) is 24.4. The molecule has 102 valence electrons. The van der Waals surface area contributed by atoms with Crippen molar-refractivity contribution in [1.29, 1.82) is 0 Å². The number of pyridine rings is 1. The first-order chi connectivity index (χ1) is 9.51. The third kappa shape index (κ3) is 2.77. The molecule has 1 aromatic heterocycles. The molecule has 2 rings (SSSR count). The third-order valence-electron chi connectivity index (χ3n) is 2.54. The van der Waals surface area contributed by atoms with Crippen molar-refractivity contribution >= 4 is 12.0 Å². The van der Waals surface area contributed by atoms with E-state index < -0.39 is 10.7 Å². The van der Waals surface area contributed by atoms with Crippen molar-refractivity contribution < 1.29 is 18.8 Å². The van der Waals surface area contributed by atoms with Gasteiger partial charge in [-0.1, -0.05) is 0 Å². The van der Waals surface area contributed by atoms with E-state index in [4.69, 9.17) is 4.74 Å². The summed E-state index contributed by atoms with van der Waals surface area (Å²) in [6, 6.07) is 6.22. The molecule has 0 aliphatic rings. The molecular weight excluding hydrogens is 267 g/mol. The van der Waals surface area contributed by atoms with Crippen LogP contribution >= 0.6 is 0 Å². The monoisotopic (exact) mass is 276 g/mol. The van der Waals surface area contributed by atoms with Gasteiger partial charge in [0.15, 0.2) is 11.6 Å². The Morgan fingerprint density at radius 3 is 2.65 bits per heavy atom. The van der Waals surface area contributed by atoms with Crippen LogP contribution in [0.4, 0.5) is 10.1 Å². The van der Waals surface area contributed by atoms with Gasteiger partial charge in [0.1, 0.15) is 12.0 Å².